The second-order valence-corrected chi connectivity index (χ2v) is 10.4. The number of carbonyl (C=O) groups excluding carboxylic acids is 2. The summed E-state index contributed by atoms with van der Waals surface area (Å²) >= 11 is 14.1. The second-order valence-electron chi connectivity index (χ2n) is 9.27. The zero-order valence-electron chi connectivity index (χ0n) is 15.9. The highest BCUT2D eigenvalue weighted by molar-refractivity contribution is 6.34. The van der Waals surface area contributed by atoms with Crippen LogP contribution in [0, 0.1) is 22.7 Å². The summed E-state index contributed by atoms with van der Waals surface area (Å²) < 4.78 is 28.5. The largest absolute Gasteiger partial charge is 0.381 e. The molecule has 8 atom stereocenters. The van der Waals surface area contributed by atoms with Crippen LogP contribution in [0.3, 0.4) is 0 Å². The van der Waals surface area contributed by atoms with Crippen LogP contribution in [0.4, 0.5) is 8.78 Å². The van der Waals surface area contributed by atoms with Crippen LogP contribution in [0.5, 0.6) is 0 Å². The van der Waals surface area contributed by atoms with Gasteiger partial charge < -0.3 is 5.11 Å². The van der Waals surface area contributed by atoms with E-state index < -0.39 is 51.2 Å². The van der Waals surface area contributed by atoms with Gasteiger partial charge in [0.15, 0.2) is 18.2 Å². The third-order valence-corrected chi connectivity index (χ3v) is 9.87. The summed E-state index contributed by atoms with van der Waals surface area (Å²) in [6.07, 6.45) is 3.85. The van der Waals surface area contributed by atoms with E-state index in [1.165, 1.54) is 12.2 Å². The molecule has 3 nitrogen and oxygen atoms in total. The molecule has 4 rings (SSSR count). The van der Waals surface area contributed by atoms with Gasteiger partial charge in [-0.1, -0.05) is 19.9 Å². The molecule has 0 spiro atoms. The first-order chi connectivity index (χ1) is 13.0. The standard InChI is InChI=1S/C21H24Cl2F2O3/c1-18-5-3-11(26)7-14(18)15(25)8-13-12-4-6-20(28,17(27)10-24)19(12,2)9-16(22)21(13,18)23/h3,5,7,12-13,15-16,28H,4,6,8-10H2,1-2H3/t12-,13-,15-,16-,18-,19-,20-,21-/m0/s1. The fraction of sp³-hybridized carbons (Fsp3) is 0.714. The van der Waals surface area contributed by atoms with Gasteiger partial charge in [0.05, 0.1) is 10.3 Å². The molecule has 4 aliphatic carbocycles. The smallest absolute Gasteiger partial charge is 0.195 e. The molecule has 0 aromatic rings. The molecule has 0 radical (unpaired) electrons. The van der Waals surface area contributed by atoms with Crippen LogP contribution in [0.15, 0.2) is 23.8 Å². The fourth-order valence-corrected chi connectivity index (χ4v) is 7.91. The van der Waals surface area contributed by atoms with Crippen molar-refractivity contribution < 1.29 is 23.5 Å². The summed E-state index contributed by atoms with van der Waals surface area (Å²) in [7, 11) is 0. The van der Waals surface area contributed by atoms with Crippen molar-refractivity contribution in [3.05, 3.63) is 23.8 Å². The molecule has 1 N–H and O–H groups in total. The Morgan fingerprint density at radius 2 is 2.04 bits per heavy atom. The van der Waals surface area contributed by atoms with Crippen molar-refractivity contribution in [2.75, 3.05) is 6.67 Å². The molecule has 154 valence electrons. The molecule has 28 heavy (non-hydrogen) atoms. The van der Waals surface area contributed by atoms with Gasteiger partial charge in [0.1, 0.15) is 11.8 Å². The van der Waals surface area contributed by atoms with Crippen LogP contribution in [0.2, 0.25) is 0 Å². The van der Waals surface area contributed by atoms with Gasteiger partial charge in [0, 0.05) is 10.8 Å². The summed E-state index contributed by atoms with van der Waals surface area (Å²) in [4.78, 5) is 23.1. The van der Waals surface area contributed by atoms with Gasteiger partial charge >= 0.3 is 0 Å². The quantitative estimate of drug-likeness (QED) is 0.668. The molecular weight excluding hydrogens is 409 g/mol. The number of hydrogen-bond donors (Lipinski definition) is 1. The Morgan fingerprint density at radius 1 is 1.36 bits per heavy atom. The molecule has 3 saturated carbocycles. The Balaban J connectivity index is 1.84. The van der Waals surface area contributed by atoms with E-state index in [-0.39, 0.29) is 31.0 Å². The van der Waals surface area contributed by atoms with Gasteiger partial charge in [0.2, 0.25) is 0 Å². The number of carbonyl (C=O) groups is 2. The predicted octanol–water partition coefficient (Wildman–Crippen LogP) is 4.09. The number of Topliss-reactive ketones (excluding diaryl/α,β-unsaturated/α-hetero) is 1. The Morgan fingerprint density at radius 3 is 2.68 bits per heavy atom. The van der Waals surface area contributed by atoms with Gasteiger partial charge in [-0.2, -0.15) is 0 Å². The van der Waals surface area contributed by atoms with Crippen LogP contribution in [-0.2, 0) is 9.59 Å². The van der Waals surface area contributed by atoms with E-state index in [0.717, 1.165) is 0 Å². The molecular formula is C21H24Cl2F2O3. The van der Waals surface area contributed by atoms with Crippen LogP contribution < -0.4 is 0 Å². The SMILES string of the molecule is C[C@]12C=CC(=O)C=C1[C@@H](F)C[C@H]1[C@@H]3CC[C@](O)(C(=O)CF)[C@@]3(C)C[C@H](Cl)[C@@]12Cl. The minimum absolute atomic E-state index is 0.0649. The number of rotatable bonds is 2. The van der Waals surface area contributed by atoms with E-state index in [1.807, 2.05) is 0 Å². The van der Waals surface area contributed by atoms with Crippen molar-refractivity contribution in [3.8, 4) is 0 Å². The lowest BCUT2D eigenvalue weighted by Gasteiger charge is -2.64. The highest BCUT2D eigenvalue weighted by Gasteiger charge is 2.73. The normalized spacial score (nSPS) is 52.5. The van der Waals surface area contributed by atoms with Crippen LogP contribution in [-0.4, -0.2) is 45.4 Å². The van der Waals surface area contributed by atoms with E-state index in [1.54, 1.807) is 19.9 Å². The Kier molecular flexibility index (Phi) is 4.48. The van der Waals surface area contributed by atoms with Gasteiger partial charge in [-0.25, -0.2) is 8.78 Å². The average molecular weight is 433 g/mol. The maximum Gasteiger partial charge on any atom is 0.195 e. The van der Waals surface area contributed by atoms with E-state index in [0.29, 0.717) is 12.0 Å². The summed E-state index contributed by atoms with van der Waals surface area (Å²) in [5.74, 6) is -1.81. The number of halogens is 4. The highest BCUT2D eigenvalue weighted by Crippen LogP contribution is 2.71. The van der Waals surface area contributed by atoms with Crippen molar-refractivity contribution in [1.82, 2.24) is 0 Å². The van der Waals surface area contributed by atoms with Crippen molar-refractivity contribution in [1.29, 1.82) is 0 Å². The first-order valence-electron chi connectivity index (χ1n) is 9.69. The Bertz CT molecular complexity index is 813. The third-order valence-electron chi connectivity index (χ3n) is 8.32. The van der Waals surface area contributed by atoms with E-state index in [9.17, 15) is 19.1 Å². The lowest BCUT2D eigenvalue weighted by molar-refractivity contribution is -0.160. The number of ketones is 2. The molecule has 0 saturated heterocycles. The summed E-state index contributed by atoms with van der Waals surface area (Å²) in [6, 6.07) is 0. The molecule has 0 bridgehead atoms. The first-order valence-corrected chi connectivity index (χ1v) is 10.5. The minimum Gasteiger partial charge on any atom is -0.381 e. The van der Waals surface area contributed by atoms with Crippen LogP contribution in [0.25, 0.3) is 0 Å². The monoisotopic (exact) mass is 432 g/mol. The van der Waals surface area contributed by atoms with Crippen LogP contribution in [0.1, 0.15) is 39.5 Å². The van der Waals surface area contributed by atoms with Crippen molar-refractivity contribution in [3.63, 3.8) is 0 Å². The van der Waals surface area contributed by atoms with Crippen molar-refractivity contribution >= 4 is 34.8 Å². The number of allylic oxidation sites excluding steroid dienone is 4. The van der Waals surface area contributed by atoms with E-state index in [2.05, 4.69) is 0 Å². The molecule has 3 fully saturated rings. The third kappa shape index (κ3) is 2.19. The molecule has 0 aliphatic heterocycles. The second kappa shape index (κ2) is 6.12. The Labute approximate surface area is 173 Å². The van der Waals surface area contributed by atoms with E-state index >= 15 is 4.39 Å². The lowest BCUT2D eigenvalue weighted by Crippen LogP contribution is -2.68. The molecule has 0 aromatic heterocycles. The number of aliphatic hydroxyl groups is 1. The highest BCUT2D eigenvalue weighted by atomic mass is 35.5. The summed E-state index contributed by atoms with van der Waals surface area (Å²) in [5.41, 5.74) is -3.41. The first kappa shape index (κ1) is 20.5. The zero-order chi connectivity index (χ0) is 20.7. The fourth-order valence-electron chi connectivity index (χ4n) is 6.71. The van der Waals surface area contributed by atoms with Gasteiger partial charge in [-0.15, -0.1) is 23.2 Å². The predicted molar refractivity (Wildman–Crippen MR) is 103 cm³/mol. The number of alkyl halides is 4. The summed E-state index contributed by atoms with van der Waals surface area (Å²) in [6.45, 7) is 2.31. The van der Waals surface area contributed by atoms with Crippen molar-refractivity contribution in [2.45, 2.75) is 61.6 Å². The molecule has 0 heterocycles. The number of fused-ring (bicyclic) bond motifs is 5. The van der Waals surface area contributed by atoms with E-state index in [4.69, 9.17) is 23.2 Å². The van der Waals surface area contributed by atoms with Crippen molar-refractivity contribution in [2.24, 2.45) is 22.7 Å². The minimum atomic E-state index is -1.82. The van der Waals surface area contributed by atoms with Gasteiger partial charge in [-0.05, 0) is 55.2 Å². The summed E-state index contributed by atoms with van der Waals surface area (Å²) in [5, 5.41) is 10.5. The molecule has 4 aliphatic rings. The Hall–Kier alpha value is -0.780. The number of hydrogen-bond acceptors (Lipinski definition) is 3. The van der Waals surface area contributed by atoms with Gasteiger partial charge in [0.25, 0.3) is 0 Å². The zero-order valence-corrected chi connectivity index (χ0v) is 17.4. The molecule has 0 unspecified atom stereocenters. The topological polar surface area (TPSA) is 54.4 Å². The average Bonchev–Trinajstić information content (AvgIpc) is 2.91. The maximum atomic E-state index is 15.3. The maximum absolute atomic E-state index is 15.3. The van der Waals surface area contributed by atoms with Crippen LogP contribution >= 0.6 is 23.2 Å². The molecule has 7 heteroatoms. The molecule has 0 aromatic carbocycles. The van der Waals surface area contributed by atoms with Gasteiger partial charge in [-0.3, -0.25) is 9.59 Å². The molecule has 0 amide bonds. The lowest BCUT2D eigenvalue weighted by atomic mass is 9.46.